The summed E-state index contributed by atoms with van der Waals surface area (Å²) >= 11 is 0. The van der Waals surface area contributed by atoms with E-state index in [9.17, 15) is 9.59 Å². The third-order valence-electron chi connectivity index (χ3n) is 6.76. The molecule has 154 valence electrons. The first-order chi connectivity index (χ1) is 14.9. The molecule has 1 amide bonds. The van der Waals surface area contributed by atoms with Crippen molar-refractivity contribution in [3.05, 3.63) is 102 Å². The number of ketones is 1. The van der Waals surface area contributed by atoms with E-state index >= 15 is 0 Å². The Morgan fingerprint density at radius 2 is 1.35 bits per heavy atom. The average Bonchev–Trinajstić information content (AvgIpc) is 2.80. The predicted molar refractivity (Wildman–Crippen MR) is 125 cm³/mol. The lowest BCUT2D eigenvalue weighted by Crippen LogP contribution is -2.55. The smallest absolute Gasteiger partial charge is 0.241 e. The van der Waals surface area contributed by atoms with Crippen LogP contribution in [0.1, 0.15) is 37.0 Å². The molecule has 2 aliphatic rings. The van der Waals surface area contributed by atoms with E-state index in [4.69, 9.17) is 0 Å². The van der Waals surface area contributed by atoms with Gasteiger partial charge in [0.05, 0.1) is 5.69 Å². The molecule has 3 aromatic rings. The molecular weight excluding hydrogens is 382 g/mol. The van der Waals surface area contributed by atoms with Crippen molar-refractivity contribution in [3.8, 4) is 0 Å². The maximum atomic E-state index is 14.2. The number of carbonyl (C=O) groups is 2. The van der Waals surface area contributed by atoms with E-state index in [1.54, 1.807) is 4.90 Å². The lowest BCUT2D eigenvalue weighted by Gasteiger charge is -2.50. The summed E-state index contributed by atoms with van der Waals surface area (Å²) in [5.41, 5.74) is 3.49. The fraction of sp³-hybridized carbons (Fsp3) is 0.214. The van der Waals surface area contributed by atoms with Crippen LogP contribution >= 0.6 is 0 Å². The number of benzene rings is 3. The van der Waals surface area contributed by atoms with Crippen LogP contribution in [0.15, 0.2) is 84.9 Å². The Morgan fingerprint density at radius 3 is 2.03 bits per heavy atom. The number of para-hydroxylation sites is 1. The van der Waals surface area contributed by atoms with Crippen molar-refractivity contribution >= 4 is 28.5 Å². The van der Waals surface area contributed by atoms with Gasteiger partial charge in [-0.1, -0.05) is 92.7 Å². The molecule has 1 unspecified atom stereocenters. The first-order valence-corrected chi connectivity index (χ1v) is 10.7. The van der Waals surface area contributed by atoms with Gasteiger partial charge in [-0.2, -0.15) is 0 Å². The van der Waals surface area contributed by atoms with Crippen LogP contribution in [0.5, 0.6) is 0 Å². The number of anilines is 1. The summed E-state index contributed by atoms with van der Waals surface area (Å²) in [5, 5.41) is 0. The molecule has 0 bridgehead atoms. The summed E-state index contributed by atoms with van der Waals surface area (Å²) in [7, 11) is 1.84. The van der Waals surface area contributed by atoms with E-state index in [0.29, 0.717) is 12.0 Å². The van der Waals surface area contributed by atoms with Crippen molar-refractivity contribution in [2.24, 2.45) is 5.41 Å². The molecule has 1 aliphatic carbocycles. The molecule has 1 aliphatic heterocycles. The lowest BCUT2D eigenvalue weighted by atomic mass is 9.54. The number of rotatable bonds is 2. The minimum Gasteiger partial charge on any atom is -0.314 e. The highest BCUT2D eigenvalue weighted by Crippen LogP contribution is 2.59. The number of allylic oxidation sites excluding steroid dienone is 1. The molecule has 0 spiro atoms. The molecule has 0 saturated carbocycles. The van der Waals surface area contributed by atoms with E-state index in [2.05, 4.69) is 0 Å². The number of likely N-dealkylation sites (N-methyl/N-ethyl adjacent to an activating group) is 1. The molecule has 1 heterocycles. The zero-order chi connectivity index (χ0) is 21.8. The van der Waals surface area contributed by atoms with Crippen molar-refractivity contribution in [1.82, 2.24) is 0 Å². The second-order valence-electron chi connectivity index (χ2n) is 9.16. The van der Waals surface area contributed by atoms with Crippen LogP contribution < -0.4 is 4.90 Å². The Labute approximate surface area is 183 Å². The molecule has 3 nitrogen and oxygen atoms in total. The Kier molecular flexibility index (Phi) is 4.26. The van der Waals surface area contributed by atoms with Gasteiger partial charge >= 0.3 is 0 Å². The van der Waals surface area contributed by atoms with Gasteiger partial charge in [0.1, 0.15) is 5.41 Å². The third kappa shape index (κ3) is 2.66. The zero-order valence-electron chi connectivity index (χ0n) is 18.1. The highest BCUT2D eigenvalue weighted by molar-refractivity contribution is 6.36. The van der Waals surface area contributed by atoms with Gasteiger partial charge < -0.3 is 4.90 Å². The lowest BCUT2D eigenvalue weighted by molar-refractivity contribution is -0.127. The minimum absolute atomic E-state index is 0.0152. The monoisotopic (exact) mass is 407 g/mol. The van der Waals surface area contributed by atoms with Gasteiger partial charge in [-0.3, -0.25) is 9.59 Å². The molecule has 3 aromatic carbocycles. The quantitative estimate of drug-likeness (QED) is 0.562. The highest BCUT2D eigenvalue weighted by atomic mass is 16.2. The van der Waals surface area contributed by atoms with E-state index < -0.39 is 10.8 Å². The number of hydrogen-bond acceptors (Lipinski definition) is 2. The van der Waals surface area contributed by atoms with Crippen LogP contribution in [-0.4, -0.2) is 18.7 Å². The van der Waals surface area contributed by atoms with E-state index in [1.807, 2.05) is 106 Å². The molecule has 0 aromatic heterocycles. The minimum atomic E-state index is -0.924. The van der Waals surface area contributed by atoms with E-state index in [0.717, 1.165) is 28.0 Å². The van der Waals surface area contributed by atoms with Crippen molar-refractivity contribution < 1.29 is 9.59 Å². The summed E-state index contributed by atoms with van der Waals surface area (Å²) in [6.07, 6.45) is 0.437. The van der Waals surface area contributed by atoms with Gasteiger partial charge in [-0.25, -0.2) is 0 Å². The fourth-order valence-electron chi connectivity index (χ4n) is 5.39. The maximum absolute atomic E-state index is 14.2. The molecule has 3 heteroatoms. The Balaban J connectivity index is 2.00. The number of Topliss-reactive ketones (excluding diaryl/α,β-unsaturated/α-hetero) is 1. The van der Waals surface area contributed by atoms with Crippen molar-refractivity contribution in [2.75, 3.05) is 11.9 Å². The summed E-state index contributed by atoms with van der Waals surface area (Å²) in [4.78, 5) is 29.9. The van der Waals surface area contributed by atoms with E-state index in [-0.39, 0.29) is 11.7 Å². The molecule has 0 fully saturated rings. The molecule has 5 rings (SSSR count). The van der Waals surface area contributed by atoms with Gasteiger partial charge in [0.25, 0.3) is 0 Å². The number of hydrogen-bond donors (Lipinski definition) is 0. The van der Waals surface area contributed by atoms with Gasteiger partial charge in [0.15, 0.2) is 5.78 Å². The van der Waals surface area contributed by atoms with Crippen LogP contribution in [0.4, 0.5) is 5.69 Å². The molecule has 0 N–H and O–H groups in total. The van der Waals surface area contributed by atoms with Crippen LogP contribution in [0.25, 0.3) is 11.1 Å². The summed E-state index contributed by atoms with van der Waals surface area (Å²) in [5.74, 6) is 0.105. The number of carbonyl (C=O) groups excluding carboxylic acids is 2. The average molecular weight is 408 g/mol. The van der Waals surface area contributed by atoms with Crippen LogP contribution in [0.2, 0.25) is 0 Å². The summed E-state index contributed by atoms with van der Waals surface area (Å²) < 4.78 is 0. The topological polar surface area (TPSA) is 37.4 Å². The highest BCUT2D eigenvalue weighted by Gasteiger charge is 2.58. The second kappa shape index (κ2) is 6.78. The van der Waals surface area contributed by atoms with Gasteiger partial charge in [-0.05, 0) is 29.2 Å². The zero-order valence-corrected chi connectivity index (χ0v) is 18.1. The molecule has 0 radical (unpaired) electrons. The van der Waals surface area contributed by atoms with Crippen molar-refractivity contribution in [3.63, 3.8) is 0 Å². The molecular formula is C28H25NO2. The number of nitrogens with zero attached hydrogens (tertiary/aromatic N) is 1. The van der Waals surface area contributed by atoms with Crippen molar-refractivity contribution in [1.29, 1.82) is 0 Å². The van der Waals surface area contributed by atoms with Crippen LogP contribution in [0, 0.1) is 5.41 Å². The fourth-order valence-corrected chi connectivity index (χ4v) is 5.39. The first-order valence-electron chi connectivity index (χ1n) is 10.7. The second-order valence-corrected chi connectivity index (χ2v) is 9.16. The van der Waals surface area contributed by atoms with Gasteiger partial charge in [0, 0.05) is 23.6 Å². The largest absolute Gasteiger partial charge is 0.314 e. The SMILES string of the molecule is CN1C(=O)C2(c3ccccc3)CC(C)(C)C(=O)C(c3ccccc3)=C2c2ccccc21. The molecule has 1 atom stereocenters. The molecule has 0 saturated heterocycles. The molecule has 31 heavy (non-hydrogen) atoms. The van der Waals surface area contributed by atoms with Crippen LogP contribution in [-0.2, 0) is 15.0 Å². The maximum Gasteiger partial charge on any atom is 0.241 e. The van der Waals surface area contributed by atoms with Crippen molar-refractivity contribution in [2.45, 2.75) is 25.7 Å². The van der Waals surface area contributed by atoms with Gasteiger partial charge in [-0.15, -0.1) is 0 Å². The summed E-state index contributed by atoms with van der Waals surface area (Å²) in [6, 6.07) is 27.7. The third-order valence-corrected chi connectivity index (χ3v) is 6.76. The Morgan fingerprint density at radius 1 is 0.774 bits per heavy atom. The number of fused-ring (bicyclic) bond motifs is 3. The summed E-state index contributed by atoms with van der Waals surface area (Å²) in [6.45, 7) is 3.93. The number of amides is 1. The predicted octanol–water partition coefficient (Wildman–Crippen LogP) is 5.51. The van der Waals surface area contributed by atoms with E-state index in [1.165, 1.54) is 0 Å². The first kappa shape index (κ1) is 19.5. The normalized spacial score (nSPS) is 22.2. The van der Waals surface area contributed by atoms with Gasteiger partial charge in [0.2, 0.25) is 5.91 Å². The standard InChI is InChI=1S/C28H25NO2/c1-27(2)18-28(20-14-8-5-9-15-20)24(23(25(27)30)19-12-6-4-7-13-19)21-16-10-11-17-22(21)29(3)26(28)31/h4-17H,18H2,1-3H3. The Hall–Kier alpha value is -3.46. The van der Waals surface area contributed by atoms with Crippen LogP contribution in [0.3, 0.4) is 0 Å². The Bertz CT molecular complexity index is 1220.